The third kappa shape index (κ3) is 3.75. The van der Waals surface area contributed by atoms with Crippen molar-refractivity contribution in [2.24, 2.45) is 0 Å². The van der Waals surface area contributed by atoms with Crippen molar-refractivity contribution in [2.45, 2.75) is 25.8 Å². The topological polar surface area (TPSA) is 58.6 Å². The first-order chi connectivity index (χ1) is 8.08. The molecule has 1 aromatic carbocycles. The number of aliphatic hydroxyl groups is 1. The van der Waals surface area contributed by atoms with Crippen molar-refractivity contribution in [3.63, 3.8) is 0 Å². The number of hydrogen-bond acceptors (Lipinski definition) is 3. The number of rotatable bonds is 5. The average molecular weight is 237 g/mol. The lowest BCUT2D eigenvalue weighted by atomic mass is 10.00. The van der Waals surface area contributed by atoms with Crippen LogP contribution in [0.5, 0.6) is 5.75 Å². The summed E-state index contributed by atoms with van der Waals surface area (Å²) in [4.78, 5) is 11.8. The highest BCUT2D eigenvalue weighted by Gasteiger charge is 2.16. The monoisotopic (exact) mass is 237 g/mol. The van der Waals surface area contributed by atoms with E-state index in [4.69, 9.17) is 9.84 Å². The predicted molar refractivity (Wildman–Crippen MR) is 66.1 cm³/mol. The highest BCUT2D eigenvalue weighted by Crippen LogP contribution is 2.19. The van der Waals surface area contributed by atoms with E-state index in [-0.39, 0.29) is 24.5 Å². The SMILES string of the molecule is COc1ccc(C(C)C(=O)NC(C)CO)cc1. The third-order valence-electron chi connectivity index (χ3n) is 2.67. The Morgan fingerprint density at radius 2 is 1.94 bits per heavy atom. The van der Waals surface area contributed by atoms with E-state index in [0.717, 1.165) is 11.3 Å². The molecule has 2 N–H and O–H groups in total. The van der Waals surface area contributed by atoms with Crippen LogP contribution in [-0.4, -0.2) is 30.8 Å². The van der Waals surface area contributed by atoms with Crippen LogP contribution in [0.25, 0.3) is 0 Å². The molecule has 2 unspecified atom stereocenters. The number of nitrogens with one attached hydrogen (secondary N) is 1. The number of methoxy groups -OCH3 is 1. The normalized spacial score (nSPS) is 13.9. The zero-order chi connectivity index (χ0) is 12.8. The summed E-state index contributed by atoms with van der Waals surface area (Å²) < 4.78 is 5.06. The van der Waals surface area contributed by atoms with Gasteiger partial charge in [-0.05, 0) is 31.5 Å². The van der Waals surface area contributed by atoms with Crippen LogP contribution in [0.1, 0.15) is 25.3 Å². The molecule has 94 valence electrons. The summed E-state index contributed by atoms with van der Waals surface area (Å²) >= 11 is 0. The van der Waals surface area contributed by atoms with Crippen LogP contribution in [-0.2, 0) is 4.79 Å². The Morgan fingerprint density at radius 1 is 1.35 bits per heavy atom. The van der Waals surface area contributed by atoms with Gasteiger partial charge in [-0.2, -0.15) is 0 Å². The molecule has 0 heterocycles. The minimum atomic E-state index is -0.241. The van der Waals surface area contributed by atoms with Crippen molar-refractivity contribution < 1.29 is 14.6 Å². The fourth-order valence-electron chi connectivity index (χ4n) is 1.46. The summed E-state index contributed by atoms with van der Waals surface area (Å²) in [6.45, 7) is 3.54. The Balaban J connectivity index is 2.67. The maximum Gasteiger partial charge on any atom is 0.227 e. The zero-order valence-electron chi connectivity index (χ0n) is 10.4. The number of aliphatic hydroxyl groups excluding tert-OH is 1. The number of ether oxygens (including phenoxy) is 1. The van der Waals surface area contributed by atoms with Gasteiger partial charge in [0.15, 0.2) is 0 Å². The molecule has 17 heavy (non-hydrogen) atoms. The lowest BCUT2D eigenvalue weighted by molar-refractivity contribution is -0.123. The molecule has 2 atom stereocenters. The molecular weight excluding hydrogens is 218 g/mol. The molecule has 0 spiro atoms. The van der Waals surface area contributed by atoms with Gasteiger partial charge in [-0.25, -0.2) is 0 Å². The summed E-state index contributed by atoms with van der Waals surface area (Å²) in [6.07, 6.45) is 0. The fourth-order valence-corrected chi connectivity index (χ4v) is 1.46. The Kier molecular flexibility index (Phi) is 4.97. The van der Waals surface area contributed by atoms with E-state index in [2.05, 4.69) is 5.32 Å². The fraction of sp³-hybridized carbons (Fsp3) is 0.462. The Hall–Kier alpha value is -1.55. The highest BCUT2D eigenvalue weighted by atomic mass is 16.5. The highest BCUT2D eigenvalue weighted by molar-refractivity contribution is 5.83. The average Bonchev–Trinajstić information content (AvgIpc) is 2.37. The van der Waals surface area contributed by atoms with E-state index in [0.29, 0.717) is 0 Å². The van der Waals surface area contributed by atoms with Crippen LogP contribution in [0.2, 0.25) is 0 Å². The van der Waals surface area contributed by atoms with E-state index in [1.807, 2.05) is 31.2 Å². The standard InChI is InChI=1S/C13H19NO3/c1-9(8-15)14-13(16)10(2)11-4-6-12(17-3)7-5-11/h4-7,9-10,15H,8H2,1-3H3,(H,14,16). The van der Waals surface area contributed by atoms with E-state index in [1.165, 1.54) is 0 Å². The minimum Gasteiger partial charge on any atom is -0.497 e. The van der Waals surface area contributed by atoms with Gasteiger partial charge in [0.1, 0.15) is 5.75 Å². The van der Waals surface area contributed by atoms with E-state index in [1.54, 1.807) is 14.0 Å². The van der Waals surface area contributed by atoms with Crippen molar-refractivity contribution in [3.05, 3.63) is 29.8 Å². The van der Waals surface area contributed by atoms with Gasteiger partial charge in [0.05, 0.1) is 19.6 Å². The first kappa shape index (κ1) is 13.5. The Bertz CT molecular complexity index is 361. The second kappa shape index (κ2) is 6.25. The Labute approximate surface area is 102 Å². The molecule has 4 nitrogen and oxygen atoms in total. The van der Waals surface area contributed by atoms with Crippen LogP contribution >= 0.6 is 0 Å². The van der Waals surface area contributed by atoms with Gasteiger partial charge >= 0.3 is 0 Å². The van der Waals surface area contributed by atoms with Crippen molar-refractivity contribution in [3.8, 4) is 5.75 Å². The second-order valence-electron chi connectivity index (χ2n) is 4.09. The molecule has 0 radical (unpaired) electrons. The third-order valence-corrected chi connectivity index (χ3v) is 2.67. The lowest BCUT2D eigenvalue weighted by Crippen LogP contribution is -2.37. The van der Waals surface area contributed by atoms with Crippen LogP contribution in [0.3, 0.4) is 0 Å². The van der Waals surface area contributed by atoms with E-state index < -0.39 is 0 Å². The van der Waals surface area contributed by atoms with Crippen molar-refractivity contribution >= 4 is 5.91 Å². The number of benzene rings is 1. The maximum atomic E-state index is 11.8. The molecule has 0 aliphatic heterocycles. The van der Waals surface area contributed by atoms with E-state index in [9.17, 15) is 4.79 Å². The molecular formula is C13H19NO3. The van der Waals surface area contributed by atoms with Crippen LogP contribution in [0.15, 0.2) is 24.3 Å². The van der Waals surface area contributed by atoms with E-state index >= 15 is 0 Å². The number of carbonyl (C=O) groups excluding carboxylic acids is 1. The molecule has 0 aliphatic carbocycles. The van der Waals surface area contributed by atoms with Crippen LogP contribution < -0.4 is 10.1 Å². The van der Waals surface area contributed by atoms with Gasteiger partial charge in [-0.15, -0.1) is 0 Å². The summed E-state index contributed by atoms with van der Waals surface area (Å²) in [7, 11) is 1.61. The first-order valence-corrected chi connectivity index (χ1v) is 5.63. The summed E-state index contributed by atoms with van der Waals surface area (Å²) in [5, 5.41) is 11.6. The predicted octanol–water partition coefficient (Wildman–Crippen LogP) is 1.30. The van der Waals surface area contributed by atoms with Gasteiger partial charge in [-0.3, -0.25) is 4.79 Å². The molecule has 1 aromatic rings. The number of carbonyl (C=O) groups is 1. The molecule has 0 saturated carbocycles. The molecule has 0 saturated heterocycles. The molecule has 1 rings (SSSR count). The first-order valence-electron chi connectivity index (χ1n) is 5.63. The van der Waals surface area contributed by atoms with Crippen molar-refractivity contribution in [1.82, 2.24) is 5.32 Å². The van der Waals surface area contributed by atoms with Gasteiger partial charge in [0, 0.05) is 6.04 Å². The smallest absolute Gasteiger partial charge is 0.227 e. The number of hydrogen-bond donors (Lipinski definition) is 2. The molecule has 0 aromatic heterocycles. The maximum absolute atomic E-state index is 11.8. The Morgan fingerprint density at radius 3 is 2.41 bits per heavy atom. The quantitative estimate of drug-likeness (QED) is 0.811. The van der Waals surface area contributed by atoms with Gasteiger partial charge in [0.25, 0.3) is 0 Å². The zero-order valence-corrected chi connectivity index (χ0v) is 10.4. The molecule has 0 aliphatic rings. The van der Waals surface area contributed by atoms with Gasteiger partial charge in [-0.1, -0.05) is 12.1 Å². The molecule has 0 bridgehead atoms. The molecule has 4 heteroatoms. The largest absolute Gasteiger partial charge is 0.497 e. The van der Waals surface area contributed by atoms with Crippen LogP contribution in [0, 0.1) is 0 Å². The van der Waals surface area contributed by atoms with Crippen LogP contribution in [0.4, 0.5) is 0 Å². The van der Waals surface area contributed by atoms with Gasteiger partial charge in [0.2, 0.25) is 5.91 Å². The summed E-state index contributed by atoms with van der Waals surface area (Å²) in [5.41, 5.74) is 0.924. The summed E-state index contributed by atoms with van der Waals surface area (Å²) in [5.74, 6) is 0.441. The van der Waals surface area contributed by atoms with Crippen molar-refractivity contribution in [1.29, 1.82) is 0 Å². The summed E-state index contributed by atoms with van der Waals surface area (Å²) in [6, 6.07) is 7.17. The lowest BCUT2D eigenvalue weighted by Gasteiger charge is -2.16. The number of amides is 1. The minimum absolute atomic E-state index is 0.0545. The second-order valence-corrected chi connectivity index (χ2v) is 4.09. The molecule has 1 amide bonds. The van der Waals surface area contributed by atoms with Crippen molar-refractivity contribution in [2.75, 3.05) is 13.7 Å². The molecule has 0 fully saturated rings. The van der Waals surface area contributed by atoms with Gasteiger partial charge < -0.3 is 15.2 Å².